The van der Waals surface area contributed by atoms with E-state index in [1.165, 1.54) is 6.07 Å². The first-order valence-electron chi connectivity index (χ1n) is 5.22. The Balaban J connectivity index is 2.93. The molecule has 0 aliphatic carbocycles. The van der Waals surface area contributed by atoms with Crippen LogP contribution in [0, 0.1) is 0 Å². The van der Waals surface area contributed by atoms with E-state index in [4.69, 9.17) is 11.6 Å². The quantitative estimate of drug-likeness (QED) is 0.641. The smallest absolute Gasteiger partial charge is 0.349 e. The zero-order valence-electron chi connectivity index (χ0n) is 9.60. The summed E-state index contributed by atoms with van der Waals surface area (Å²) in [5, 5.41) is 2.37. The van der Waals surface area contributed by atoms with Gasteiger partial charge in [-0.3, -0.25) is 4.79 Å². The summed E-state index contributed by atoms with van der Waals surface area (Å²) in [5.41, 5.74) is -1.38. The highest BCUT2D eigenvalue weighted by molar-refractivity contribution is 9.10. The number of nitrogens with one attached hydrogen (secondary N) is 1. The van der Waals surface area contributed by atoms with Gasteiger partial charge < -0.3 is 5.32 Å². The van der Waals surface area contributed by atoms with Crippen molar-refractivity contribution in [3.8, 4) is 0 Å². The van der Waals surface area contributed by atoms with E-state index >= 15 is 0 Å². The fourth-order valence-corrected chi connectivity index (χ4v) is 1.83. The lowest BCUT2D eigenvalue weighted by Crippen LogP contribution is -2.26. The third-order valence-electron chi connectivity index (χ3n) is 2.17. The summed E-state index contributed by atoms with van der Waals surface area (Å²) in [5.74, 6) is -0.499. The van der Waals surface area contributed by atoms with Crippen LogP contribution in [-0.2, 0) is 6.18 Å². The molecule has 1 aromatic rings. The van der Waals surface area contributed by atoms with Gasteiger partial charge in [-0.05, 0) is 18.2 Å². The molecule has 0 spiro atoms. The maximum atomic E-state index is 12.8. The van der Waals surface area contributed by atoms with Crippen LogP contribution in [0.2, 0.25) is 0 Å². The van der Waals surface area contributed by atoms with Gasteiger partial charge in [-0.2, -0.15) is 13.2 Å². The fourth-order valence-electron chi connectivity index (χ4n) is 1.34. The van der Waals surface area contributed by atoms with E-state index in [1.54, 1.807) is 12.2 Å². The number of halogens is 5. The van der Waals surface area contributed by atoms with E-state index in [2.05, 4.69) is 21.2 Å². The lowest BCUT2D eigenvalue weighted by Gasteiger charge is -2.12. The molecule has 0 aliphatic heterocycles. The molecule has 104 valence electrons. The van der Waals surface area contributed by atoms with Crippen molar-refractivity contribution in [1.29, 1.82) is 0 Å². The number of amides is 1. The van der Waals surface area contributed by atoms with Gasteiger partial charge in [-0.15, -0.1) is 11.6 Å². The van der Waals surface area contributed by atoms with Gasteiger partial charge in [0, 0.05) is 16.9 Å². The van der Waals surface area contributed by atoms with Gasteiger partial charge >= 0.3 is 6.18 Å². The summed E-state index contributed by atoms with van der Waals surface area (Å²) >= 11 is 8.34. The van der Waals surface area contributed by atoms with Crippen LogP contribution in [0.1, 0.15) is 15.9 Å². The topological polar surface area (TPSA) is 29.1 Å². The molecule has 7 heteroatoms. The SMILES string of the molecule is O=C(NC/C=C/CCl)c1ccc(Br)cc1C(F)(F)F. The minimum absolute atomic E-state index is 0.124. The normalized spacial score (nSPS) is 11.8. The van der Waals surface area contributed by atoms with Crippen molar-refractivity contribution < 1.29 is 18.0 Å². The van der Waals surface area contributed by atoms with Gasteiger partial charge in [0.2, 0.25) is 0 Å². The molecule has 2 nitrogen and oxygen atoms in total. The number of hydrogen-bond donors (Lipinski definition) is 1. The molecule has 0 aromatic heterocycles. The Kier molecular flexibility index (Phi) is 5.87. The van der Waals surface area contributed by atoms with E-state index in [9.17, 15) is 18.0 Å². The molecule has 1 rings (SSSR count). The lowest BCUT2D eigenvalue weighted by molar-refractivity contribution is -0.138. The second-order valence-corrected chi connectivity index (χ2v) is 4.75. The van der Waals surface area contributed by atoms with E-state index in [0.29, 0.717) is 0 Å². The van der Waals surface area contributed by atoms with E-state index in [0.717, 1.165) is 12.1 Å². The van der Waals surface area contributed by atoms with Crippen LogP contribution in [0.3, 0.4) is 0 Å². The number of allylic oxidation sites excluding steroid dienone is 1. The van der Waals surface area contributed by atoms with Crippen molar-refractivity contribution in [3.05, 3.63) is 46.0 Å². The van der Waals surface area contributed by atoms with Gasteiger partial charge in [-0.1, -0.05) is 28.1 Å². The molecule has 1 N–H and O–H groups in total. The highest BCUT2D eigenvalue weighted by Gasteiger charge is 2.35. The summed E-state index contributed by atoms with van der Waals surface area (Å²) in [6.45, 7) is 0.124. The molecule has 0 saturated heterocycles. The first kappa shape index (κ1) is 16.0. The monoisotopic (exact) mass is 355 g/mol. The van der Waals surface area contributed by atoms with Crippen molar-refractivity contribution in [2.45, 2.75) is 6.18 Å². The third-order valence-corrected chi connectivity index (χ3v) is 2.84. The van der Waals surface area contributed by atoms with Crippen molar-refractivity contribution in [3.63, 3.8) is 0 Å². The molecule has 0 fully saturated rings. The summed E-state index contributed by atoms with van der Waals surface area (Å²) in [7, 11) is 0. The Labute approximate surface area is 121 Å². The number of alkyl halides is 4. The summed E-state index contributed by atoms with van der Waals surface area (Å²) in [4.78, 5) is 11.7. The van der Waals surface area contributed by atoms with Crippen LogP contribution in [0.25, 0.3) is 0 Å². The Morgan fingerprint density at radius 3 is 2.63 bits per heavy atom. The highest BCUT2D eigenvalue weighted by atomic mass is 79.9. The van der Waals surface area contributed by atoms with Crippen LogP contribution < -0.4 is 5.32 Å². The van der Waals surface area contributed by atoms with Gasteiger partial charge in [0.1, 0.15) is 0 Å². The zero-order chi connectivity index (χ0) is 14.5. The van der Waals surface area contributed by atoms with Crippen LogP contribution >= 0.6 is 27.5 Å². The van der Waals surface area contributed by atoms with Crippen molar-refractivity contribution in [2.75, 3.05) is 12.4 Å². The van der Waals surface area contributed by atoms with Gasteiger partial charge in [-0.25, -0.2) is 0 Å². The third kappa shape index (κ3) is 4.87. The zero-order valence-corrected chi connectivity index (χ0v) is 11.9. The molecule has 0 radical (unpaired) electrons. The summed E-state index contributed by atoms with van der Waals surface area (Å²) in [6.07, 6.45) is -1.42. The van der Waals surface area contributed by atoms with E-state index in [-0.39, 0.29) is 16.9 Å². The molecular formula is C12H10BrClF3NO. The van der Waals surface area contributed by atoms with Crippen LogP contribution in [0.4, 0.5) is 13.2 Å². The molecule has 1 amide bonds. The molecular weight excluding hydrogens is 346 g/mol. The van der Waals surface area contributed by atoms with Crippen LogP contribution in [0.15, 0.2) is 34.8 Å². The van der Waals surface area contributed by atoms with Crippen molar-refractivity contribution in [2.24, 2.45) is 0 Å². The Hall–Kier alpha value is -1.01. The molecule has 1 aromatic carbocycles. The molecule has 19 heavy (non-hydrogen) atoms. The Bertz CT molecular complexity index is 488. The maximum Gasteiger partial charge on any atom is 0.417 e. The average molecular weight is 357 g/mol. The van der Waals surface area contributed by atoms with Crippen LogP contribution in [-0.4, -0.2) is 18.3 Å². The first-order chi connectivity index (χ1) is 8.86. The number of rotatable bonds is 4. The van der Waals surface area contributed by atoms with Crippen molar-refractivity contribution >= 4 is 33.4 Å². The lowest BCUT2D eigenvalue weighted by atomic mass is 10.1. The second-order valence-electron chi connectivity index (χ2n) is 3.52. The second kappa shape index (κ2) is 6.96. The van der Waals surface area contributed by atoms with Gasteiger partial charge in [0.05, 0.1) is 11.1 Å². The molecule has 0 saturated carbocycles. The van der Waals surface area contributed by atoms with E-state index < -0.39 is 23.2 Å². The standard InChI is InChI=1S/C12H10BrClF3NO/c13-8-3-4-9(10(7-8)12(15,16)17)11(19)18-6-2-1-5-14/h1-4,7H,5-6H2,(H,18,19)/b2-1+. The molecule has 0 unspecified atom stereocenters. The minimum atomic E-state index is -4.58. The number of carbonyl (C=O) groups excluding carboxylic acids is 1. The first-order valence-corrected chi connectivity index (χ1v) is 6.55. The predicted octanol–water partition coefficient (Wildman–Crippen LogP) is 3.99. The average Bonchev–Trinajstić information content (AvgIpc) is 2.33. The van der Waals surface area contributed by atoms with E-state index in [1.807, 2.05) is 0 Å². The maximum absolute atomic E-state index is 12.8. The molecule has 0 bridgehead atoms. The van der Waals surface area contributed by atoms with Crippen LogP contribution in [0.5, 0.6) is 0 Å². The molecule has 0 heterocycles. The molecule has 0 atom stereocenters. The fraction of sp³-hybridized carbons (Fsp3) is 0.250. The minimum Gasteiger partial charge on any atom is -0.349 e. The van der Waals surface area contributed by atoms with Crippen molar-refractivity contribution in [1.82, 2.24) is 5.32 Å². The number of hydrogen-bond acceptors (Lipinski definition) is 1. The largest absolute Gasteiger partial charge is 0.417 e. The highest BCUT2D eigenvalue weighted by Crippen LogP contribution is 2.33. The van der Waals surface area contributed by atoms with Gasteiger partial charge in [0.15, 0.2) is 0 Å². The number of carbonyl (C=O) groups is 1. The van der Waals surface area contributed by atoms with Gasteiger partial charge in [0.25, 0.3) is 5.91 Å². The summed E-state index contributed by atoms with van der Waals surface area (Å²) < 4.78 is 38.7. The molecule has 0 aliphatic rings. The number of benzene rings is 1. The Morgan fingerprint density at radius 1 is 1.37 bits per heavy atom. The Morgan fingerprint density at radius 2 is 2.05 bits per heavy atom. The predicted molar refractivity (Wildman–Crippen MR) is 71.3 cm³/mol. The summed E-state index contributed by atoms with van der Waals surface area (Å²) in [6, 6.07) is 3.40.